The van der Waals surface area contributed by atoms with Gasteiger partial charge in [-0.05, 0) is 71.8 Å². The average molecular weight is 437 g/mol. The highest BCUT2D eigenvalue weighted by molar-refractivity contribution is 5.76. The molecular formula is C23H28N6O3. The molecule has 0 spiro atoms. The minimum atomic E-state index is -0.227. The maximum absolute atomic E-state index is 11.6. The van der Waals surface area contributed by atoms with Crippen molar-refractivity contribution in [3.05, 3.63) is 65.5 Å². The van der Waals surface area contributed by atoms with Crippen molar-refractivity contribution >= 4 is 5.91 Å². The normalized spacial score (nSPS) is 15.9. The van der Waals surface area contributed by atoms with E-state index in [1.165, 1.54) is 0 Å². The number of likely N-dealkylation sites (tertiary alicyclic amines) is 1. The topological polar surface area (TPSA) is 108 Å². The summed E-state index contributed by atoms with van der Waals surface area (Å²) in [5, 5.41) is 12.7. The predicted octanol–water partition coefficient (Wildman–Crippen LogP) is 2.03. The van der Waals surface area contributed by atoms with Gasteiger partial charge in [0, 0.05) is 5.92 Å². The second kappa shape index (κ2) is 9.78. The Morgan fingerprint density at radius 1 is 1.03 bits per heavy atom. The number of benzene rings is 2. The summed E-state index contributed by atoms with van der Waals surface area (Å²) < 4.78 is 12.4. The summed E-state index contributed by atoms with van der Waals surface area (Å²) in [7, 11) is 3.30. The Morgan fingerprint density at radius 3 is 2.19 bits per heavy atom. The molecule has 1 aliphatic rings. The number of carbonyl (C=O) groups is 1. The van der Waals surface area contributed by atoms with Crippen LogP contribution in [0, 0.1) is 5.92 Å². The van der Waals surface area contributed by atoms with Gasteiger partial charge >= 0.3 is 0 Å². The summed E-state index contributed by atoms with van der Waals surface area (Å²) in [6.45, 7) is 2.01. The number of amides is 1. The number of aromatic nitrogens is 4. The van der Waals surface area contributed by atoms with Gasteiger partial charge in [0.1, 0.15) is 11.5 Å². The first-order valence-corrected chi connectivity index (χ1v) is 10.7. The van der Waals surface area contributed by atoms with E-state index in [1.807, 2.05) is 53.2 Å². The predicted molar refractivity (Wildman–Crippen MR) is 118 cm³/mol. The molecule has 1 aliphatic heterocycles. The van der Waals surface area contributed by atoms with E-state index in [-0.39, 0.29) is 17.9 Å². The van der Waals surface area contributed by atoms with Crippen molar-refractivity contribution in [2.24, 2.45) is 11.7 Å². The molecule has 32 heavy (non-hydrogen) atoms. The molecule has 4 rings (SSSR count). The van der Waals surface area contributed by atoms with Crippen LogP contribution in [0.25, 0.3) is 0 Å². The zero-order chi connectivity index (χ0) is 22.5. The van der Waals surface area contributed by atoms with Gasteiger partial charge in [-0.2, -0.15) is 0 Å². The van der Waals surface area contributed by atoms with Crippen LogP contribution in [0.15, 0.2) is 48.5 Å². The maximum Gasteiger partial charge on any atom is 0.220 e. The fourth-order valence-corrected chi connectivity index (χ4v) is 4.18. The molecule has 2 N–H and O–H groups in total. The van der Waals surface area contributed by atoms with Crippen molar-refractivity contribution in [1.29, 1.82) is 0 Å². The molecule has 3 aromatic rings. The van der Waals surface area contributed by atoms with Gasteiger partial charge in [0.25, 0.3) is 0 Å². The largest absolute Gasteiger partial charge is 0.497 e. The summed E-state index contributed by atoms with van der Waals surface area (Å²) in [6.07, 6.45) is 1.45. The second-order valence-electron chi connectivity index (χ2n) is 7.93. The maximum atomic E-state index is 11.6. The molecule has 0 unspecified atom stereocenters. The molecule has 1 amide bonds. The number of rotatable bonds is 8. The van der Waals surface area contributed by atoms with Gasteiger partial charge in [0.05, 0.1) is 26.8 Å². The van der Waals surface area contributed by atoms with Crippen LogP contribution in [0.3, 0.4) is 0 Å². The van der Waals surface area contributed by atoms with Crippen LogP contribution in [0.5, 0.6) is 11.5 Å². The molecule has 1 fully saturated rings. The first-order chi connectivity index (χ1) is 15.6. The number of nitrogens with two attached hydrogens (primary N) is 1. The standard InChI is InChI=1S/C23H28N6O3/c1-31-19-7-3-16(4-8-19)15-29-23(25-26-27-29)21(17-5-9-20(32-2)10-6-17)28-13-11-18(12-14-28)22(24)30/h3-10,18,21H,11-15H2,1-2H3,(H2,24,30)/t21-/m0/s1. The molecule has 0 saturated carbocycles. The van der Waals surface area contributed by atoms with Crippen LogP contribution in [0.1, 0.15) is 35.8 Å². The fourth-order valence-electron chi connectivity index (χ4n) is 4.18. The molecule has 1 saturated heterocycles. The van der Waals surface area contributed by atoms with Gasteiger partial charge in [0.15, 0.2) is 5.82 Å². The molecule has 9 nitrogen and oxygen atoms in total. The molecule has 0 bridgehead atoms. The van der Waals surface area contributed by atoms with Crippen molar-refractivity contribution in [3.63, 3.8) is 0 Å². The third kappa shape index (κ3) is 4.72. The van der Waals surface area contributed by atoms with Crippen molar-refractivity contribution in [1.82, 2.24) is 25.1 Å². The van der Waals surface area contributed by atoms with Crippen molar-refractivity contribution in [2.75, 3.05) is 27.3 Å². The van der Waals surface area contributed by atoms with Crippen LogP contribution in [0.4, 0.5) is 0 Å². The van der Waals surface area contributed by atoms with E-state index in [0.29, 0.717) is 6.54 Å². The smallest absolute Gasteiger partial charge is 0.220 e. The van der Waals surface area contributed by atoms with E-state index in [4.69, 9.17) is 15.2 Å². The first-order valence-electron chi connectivity index (χ1n) is 10.7. The Balaban J connectivity index is 1.64. The van der Waals surface area contributed by atoms with E-state index in [2.05, 4.69) is 20.4 Å². The van der Waals surface area contributed by atoms with E-state index in [0.717, 1.165) is 54.4 Å². The van der Waals surface area contributed by atoms with E-state index in [9.17, 15) is 4.79 Å². The lowest BCUT2D eigenvalue weighted by atomic mass is 9.93. The zero-order valence-corrected chi connectivity index (χ0v) is 18.3. The summed E-state index contributed by atoms with van der Waals surface area (Å²) in [5.74, 6) is 2.04. The second-order valence-corrected chi connectivity index (χ2v) is 7.93. The number of carbonyl (C=O) groups excluding carboxylic acids is 1. The lowest BCUT2D eigenvalue weighted by Gasteiger charge is -2.36. The molecule has 9 heteroatoms. The van der Waals surface area contributed by atoms with Crippen LogP contribution >= 0.6 is 0 Å². The Kier molecular flexibility index (Phi) is 6.65. The van der Waals surface area contributed by atoms with E-state index < -0.39 is 0 Å². The van der Waals surface area contributed by atoms with E-state index in [1.54, 1.807) is 14.2 Å². The number of nitrogens with zero attached hydrogens (tertiary/aromatic N) is 5. The number of hydrogen-bond donors (Lipinski definition) is 1. The highest BCUT2D eigenvalue weighted by Gasteiger charge is 2.32. The lowest BCUT2D eigenvalue weighted by Crippen LogP contribution is -2.41. The minimum absolute atomic E-state index is 0.0851. The number of piperidine rings is 1. The quantitative estimate of drug-likeness (QED) is 0.575. The van der Waals surface area contributed by atoms with Gasteiger partial charge in [-0.25, -0.2) is 4.68 Å². The van der Waals surface area contributed by atoms with Crippen molar-refractivity contribution in [2.45, 2.75) is 25.4 Å². The van der Waals surface area contributed by atoms with Gasteiger partial charge in [-0.3, -0.25) is 9.69 Å². The molecule has 1 aromatic heterocycles. The summed E-state index contributed by atoms with van der Waals surface area (Å²) in [6, 6.07) is 15.7. The SMILES string of the molecule is COc1ccc(Cn2nnnc2[C@H](c2ccc(OC)cc2)N2CCC(C(N)=O)CC2)cc1. The van der Waals surface area contributed by atoms with Crippen LogP contribution in [-0.4, -0.2) is 58.3 Å². The summed E-state index contributed by atoms with van der Waals surface area (Å²) in [4.78, 5) is 14.0. The molecule has 0 aliphatic carbocycles. The number of ether oxygens (including phenoxy) is 2. The molecular weight excluding hydrogens is 408 g/mol. The minimum Gasteiger partial charge on any atom is -0.497 e. The Labute approximate surface area is 187 Å². The Bertz CT molecular complexity index is 1030. The lowest BCUT2D eigenvalue weighted by molar-refractivity contribution is -0.123. The molecule has 2 heterocycles. The average Bonchev–Trinajstić information content (AvgIpc) is 3.28. The number of hydrogen-bond acceptors (Lipinski definition) is 7. The number of methoxy groups -OCH3 is 2. The first kappa shape index (κ1) is 21.8. The van der Waals surface area contributed by atoms with Crippen LogP contribution in [-0.2, 0) is 11.3 Å². The molecule has 2 aromatic carbocycles. The third-order valence-electron chi connectivity index (χ3n) is 6.02. The van der Waals surface area contributed by atoms with Crippen LogP contribution in [0.2, 0.25) is 0 Å². The molecule has 0 radical (unpaired) electrons. The summed E-state index contributed by atoms with van der Waals surface area (Å²) >= 11 is 0. The highest BCUT2D eigenvalue weighted by Crippen LogP contribution is 2.32. The Morgan fingerprint density at radius 2 is 1.62 bits per heavy atom. The van der Waals surface area contributed by atoms with Crippen LogP contribution < -0.4 is 15.2 Å². The van der Waals surface area contributed by atoms with Crippen molar-refractivity contribution in [3.8, 4) is 11.5 Å². The summed E-state index contributed by atoms with van der Waals surface area (Å²) in [5.41, 5.74) is 7.67. The van der Waals surface area contributed by atoms with Crippen molar-refractivity contribution < 1.29 is 14.3 Å². The highest BCUT2D eigenvalue weighted by atomic mass is 16.5. The Hall–Kier alpha value is -3.46. The zero-order valence-electron chi connectivity index (χ0n) is 18.3. The third-order valence-corrected chi connectivity index (χ3v) is 6.02. The van der Waals surface area contributed by atoms with E-state index >= 15 is 0 Å². The van der Waals surface area contributed by atoms with Gasteiger partial charge in [-0.1, -0.05) is 24.3 Å². The fraction of sp³-hybridized carbons (Fsp3) is 0.391. The monoisotopic (exact) mass is 436 g/mol. The van der Waals surface area contributed by atoms with Gasteiger partial charge < -0.3 is 15.2 Å². The number of tetrazole rings is 1. The number of primary amides is 1. The van der Waals surface area contributed by atoms with Gasteiger partial charge in [0.2, 0.25) is 5.91 Å². The van der Waals surface area contributed by atoms with Gasteiger partial charge in [-0.15, -0.1) is 5.10 Å². The molecule has 1 atom stereocenters. The molecule has 168 valence electrons.